The Morgan fingerprint density at radius 2 is 1.12 bits per heavy atom. The molecule has 0 atom stereocenters. The molecule has 0 aliphatic heterocycles. The van der Waals surface area contributed by atoms with E-state index in [1.165, 1.54) is 6.07 Å². The Balaban J connectivity index is 0.000000218. The highest BCUT2D eigenvalue weighted by Crippen LogP contribution is 2.21. The summed E-state index contributed by atoms with van der Waals surface area (Å²) in [6, 6.07) is 39.9. The third-order valence-electron chi connectivity index (χ3n) is 6.03. The van der Waals surface area contributed by atoms with E-state index < -0.39 is 5.97 Å². The molecule has 5 rings (SSSR count). The van der Waals surface area contributed by atoms with E-state index in [4.69, 9.17) is 4.74 Å². The molecule has 204 valence electrons. The number of nitrogens with one attached hydrogen (secondary N) is 3. The molecule has 0 spiro atoms. The summed E-state index contributed by atoms with van der Waals surface area (Å²) < 4.78 is 5.35. The molecule has 6 heteroatoms. The van der Waals surface area contributed by atoms with Crippen molar-refractivity contribution in [3.8, 4) is 5.75 Å². The Morgan fingerprint density at radius 1 is 0.634 bits per heavy atom. The van der Waals surface area contributed by atoms with Gasteiger partial charge in [0.25, 0.3) is 0 Å². The number of ether oxygens (including phenoxy) is 1. The SMILES string of the molecule is C=Cc1ccc(OC(=O)c2ccc(Nc3ccccc3)cc2)cc1C=O.CNc1ccc(Nc2ccccc2)cc1. The first-order valence-electron chi connectivity index (χ1n) is 13.0. The minimum absolute atomic E-state index is 0.314. The standard InChI is InChI=1S/C22H17NO3.C13H14N2/c1-2-16-10-13-21(14-18(16)15-24)26-22(25)17-8-11-20(12-9-17)23-19-6-4-3-5-7-19;1-14-11-7-9-13(10-8-11)15-12-5-3-2-4-6-12/h2-15,23H,1H2;2-10,14-15H,1H3. The van der Waals surface area contributed by atoms with Gasteiger partial charge in [0.15, 0.2) is 6.29 Å². The van der Waals surface area contributed by atoms with Gasteiger partial charge in [-0.3, -0.25) is 4.79 Å². The molecule has 0 bridgehead atoms. The molecule has 0 amide bonds. The number of esters is 1. The van der Waals surface area contributed by atoms with Crippen LogP contribution in [0.4, 0.5) is 28.4 Å². The highest BCUT2D eigenvalue weighted by atomic mass is 16.5. The molecule has 0 aromatic heterocycles. The van der Waals surface area contributed by atoms with Gasteiger partial charge >= 0.3 is 5.97 Å². The first-order valence-corrected chi connectivity index (χ1v) is 13.0. The van der Waals surface area contributed by atoms with Crippen molar-refractivity contribution in [3.05, 3.63) is 151 Å². The lowest BCUT2D eigenvalue weighted by Gasteiger charge is -2.08. The number of rotatable bonds is 9. The predicted molar refractivity (Wildman–Crippen MR) is 169 cm³/mol. The lowest BCUT2D eigenvalue weighted by Crippen LogP contribution is -2.08. The van der Waals surface area contributed by atoms with Gasteiger partial charge in [0.05, 0.1) is 5.56 Å². The van der Waals surface area contributed by atoms with Crippen LogP contribution in [-0.2, 0) is 0 Å². The van der Waals surface area contributed by atoms with Crippen molar-refractivity contribution >= 4 is 46.8 Å². The van der Waals surface area contributed by atoms with E-state index >= 15 is 0 Å². The Labute approximate surface area is 240 Å². The van der Waals surface area contributed by atoms with Crippen molar-refractivity contribution in [3.63, 3.8) is 0 Å². The molecule has 0 heterocycles. The number of carbonyl (C=O) groups is 2. The molecule has 5 aromatic rings. The van der Waals surface area contributed by atoms with Crippen LogP contribution in [0.2, 0.25) is 0 Å². The highest BCUT2D eigenvalue weighted by molar-refractivity contribution is 5.92. The van der Waals surface area contributed by atoms with Gasteiger partial charge in [-0.1, -0.05) is 55.1 Å². The van der Waals surface area contributed by atoms with Crippen LogP contribution in [-0.4, -0.2) is 19.3 Å². The lowest BCUT2D eigenvalue weighted by atomic mass is 10.1. The van der Waals surface area contributed by atoms with E-state index in [-0.39, 0.29) is 0 Å². The summed E-state index contributed by atoms with van der Waals surface area (Å²) in [5, 5.41) is 9.66. The van der Waals surface area contributed by atoms with Gasteiger partial charge in [-0.05, 0) is 90.5 Å². The topological polar surface area (TPSA) is 79.5 Å². The average Bonchev–Trinajstić information content (AvgIpc) is 3.03. The molecule has 0 saturated carbocycles. The number of carbonyl (C=O) groups excluding carboxylic acids is 2. The molecule has 0 unspecified atom stereocenters. The van der Waals surface area contributed by atoms with Gasteiger partial charge in [0.2, 0.25) is 0 Å². The van der Waals surface area contributed by atoms with Crippen molar-refractivity contribution in [2.45, 2.75) is 0 Å². The molecular weight excluding hydrogens is 510 g/mol. The van der Waals surface area contributed by atoms with Crippen LogP contribution in [0.1, 0.15) is 26.3 Å². The third kappa shape index (κ3) is 8.43. The zero-order chi connectivity index (χ0) is 28.9. The van der Waals surface area contributed by atoms with Gasteiger partial charge in [0, 0.05) is 41.0 Å². The summed E-state index contributed by atoms with van der Waals surface area (Å²) in [6.07, 6.45) is 2.28. The monoisotopic (exact) mass is 541 g/mol. The Morgan fingerprint density at radius 3 is 1.61 bits per heavy atom. The summed E-state index contributed by atoms with van der Waals surface area (Å²) in [5.74, 6) is -0.173. The molecule has 0 aliphatic rings. The van der Waals surface area contributed by atoms with E-state index in [2.05, 4.69) is 34.7 Å². The van der Waals surface area contributed by atoms with Crippen LogP contribution in [0.3, 0.4) is 0 Å². The van der Waals surface area contributed by atoms with Crippen molar-refractivity contribution in [2.75, 3.05) is 23.0 Å². The molecule has 0 fully saturated rings. The fourth-order valence-electron chi connectivity index (χ4n) is 3.86. The fraction of sp³-hybridized carbons (Fsp3) is 0.0286. The first kappa shape index (κ1) is 28.4. The predicted octanol–water partition coefficient (Wildman–Crippen LogP) is 8.58. The Hall–Kier alpha value is -5.62. The van der Waals surface area contributed by atoms with Crippen molar-refractivity contribution in [1.82, 2.24) is 0 Å². The fourth-order valence-corrected chi connectivity index (χ4v) is 3.86. The highest BCUT2D eigenvalue weighted by Gasteiger charge is 2.10. The summed E-state index contributed by atoms with van der Waals surface area (Å²) >= 11 is 0. The molecule has 5 aromatic carbocycles. The van der Waals surface area contributed by atoms with Crippen LogP contribution in [0.5, 0.6) is 5.75 Å². The number of para-hydroxylation sites is 2. The molecule has 3 N–H and O–H groups in total. The maximum Gasteiger partial charge on any atom is 0.343 e. The van der Waals surface area contributed by atoms with Crippen LogP contribution in [0.15, 0.2) is 134 Å². The zero-order valence-corrected chi connectivity index (χ0v) is 22.7. The van der Waals surface area contributed by atoms with Crippen LogP contribution in [0.25, 0.3) is 6.08 Å². The molecule has 6 nitrogen and oxygen atoms in total. The summed E-state index contributed by atoms with van der Waals surface area (Å²) in [5.41, 5.74) is 6.69. The first-order chi connectivity index (χ1) is 20.1. The zero-order valence-electron chi connectivity index (χ0n) is 22.7. The van der Waals surface area contributed by atoms with Crippen molar-refractivity contribution in [2.24, 2.45) is 0 Å². The van der Waals surface area contributed by atoms with Crippen molar-refractivity contribution in [1.29, 1.82) is 0 Å². The van der Waals surface area contributed by atoms with Crippen LogP contribution in [0, 0.1) is 0 Å². The maximum absolute atomic E-state index is 12.3. The lowest BCUT2D eigenvalue weighted by molar-refractivity contribution is 0.0734. The second-order valence-electron chi connectivity index (χ2n) is 8.89. The second kappa shape index (κ2) is 14.5. The largest absolute Gasteiger partial charge is 0.423 e. The molecule has 0 saturated heterocycles. The van der Waals surface area contributed by atoms with E-state index in [9.17, 15) is 9.59 Å². The quantitative estimate of drug-likeness (QED) is 0.0985. The summed E-state index contributed by atoms with van der Waals surface area (Å²) in [4.78, 5) is 23.4. The van der Waals surface area contributed by atoms with Crippen molar-refractivity contribution < 1.29 is 14.3 Å². The number of hydrogen-bond acceptors (Lipinski definition) is 6. The van der Waals surface area contributed by atoms with Gasteiger partial charge in [-0.25, -0.2) is 4.79 Å². The number of aldehydes is 1. The number of hydrogen-bond donors (Lipinski definition) is 3. The second-order valence-corrected chi connectivity index (χ2v) is 8.89. The normalized spacial score (nSPS) is 9.88. The number of anilines is 5. The van der Waals surface area contributed by atoms with Gasteiger partial charge < -0.3 is 20.7 Å². The average molecular weight is 542 g/mol. The molecule has 0 aliphatic carbocycles. The van der Waals surface area contributed by atoms with E-state index in [0.29, 0.717) is 28.7 Å². The molecule has 0 radical (unpaired) electrons. The van der Waals surface area contributed by atoms with Crippen LogP contribution >= 0.6 is 0 Å². The minimum atomic E-state index is -0.487. The van der Waals surface area contributed by atoms with E-state index in [0.717, 1.165) is 28.4 Å². The molecular formula is C35H31N3O3. The smallest absolute Gasteiger partial charge is 0.343 e. The number of benzene rings is 5. The van der Waals surface area contributed by atoms with E-state index in [1.54, 1.807) is 42.5 Å². The van der Waals surface area contributed by atoms with E-state index in [1.807, 2.05) is 79.8 Å². The minimum Gasteiger partial charge on any atom is -0.423 e. The summed E-state index contributed by atoms with van der Waals surface area (Å²) in [7, 11) is 1.92. The summed E-state index contributed by atoms with van der Waals surface area (Å²) in [6.45, 7) is 3.64. The third-order valence-corrected chi connectivity index (χ3v) is 6.03. The van der Waals surface area contributed by atoms with Gasteiger partial charge in [-0.15, -0.1) is 0 Å². The van der Waals surface area contributed by atoms with Crippen LogP contribution < -0.4 is 20.7 Å². The maximum atomic E-state index is 12.3. The Kier molecular flexibility index (Phi) is 10.0. The van der Waals surface area contributed by atoms with Gasteiger partial charge in [-0.2, -0.15) is 0 Å². The van der Waals surface area contributed by atoms with Gasteiger partial charge in [0.1, 0.15) is 5.75 Å². The Bertz CT molecular complexity index is 1570. The molecule has 41 heavy (non-hydrogen) atoms.